The van der Waals surface area contributed by atoms with Gasteiger partial charge in [0.1, 0.15) is 11.4 Å². The smallest absolute Gasteiger partial charge is 0.252 e. The molecule has 0 aliphatic heterocycles. The Balaban J connectivity index is 2.18. The van der Waals surface area contributed by atoms with Crippen molar-refractivity contribution in [2.45, 2.75) is 44.6 Å². The summed E-state index contributed by atoms with van der Waals surface area (Å²) in [5.41, 5.74) is 0.263. The first kappa shape index (κ1) is 13.5. The fraction of sp³-hybridized carbons (Fsp3) is 0.467. The highest BCUT2D eigenvalue weighted by atomic mass is 19.1. The van der Waals surface area contributed by atoms with Crippen LogP contribution in [0.1, 0.15) is 48.0 Å². The molecule has 0 heterocycles. The maximum atomic E-state index is 13.0. The minimum Gasteiger partial charge on any atom is -0.334 e. The molecule has 1 aromatic carbocycles. The fourth-order valence-corrected chi connectivity index (χ4v) is 2.59. The molecule has 0 bridgehead atoms. The van der Waals surface area contributed by atoms with E-state index >= 15 is 0 Å². The van der Waals surface area contributed by atoms with Crippen LogP contribution in [0.15, 0.2) is 18.2 Å². The van der Waals surface area contributed by atoms with Gasteiger partial charge >= 0.3 is 0 Å². The molecule has 0 aromatic heterocycles. The Morgan fingerprint density at radius 2 is 2.05 bits per heavy atom. The zero-order valence-electron chi connectivity index (χ0n) is 11.0. The van der Waals surface area contributed by atoms with Gasteiger partial charge in [-0.2, -0.15) is 5.26 Å². The minimum atomic E-state index is -0.754. The summed E-state index contributed by atoms with van der Waals surface area (Å²) in [5.74, 6) is -0.650. The van der Waals surface area contributed by atoms with E-state index in [0.717, 1.165) is 19.3 Å². The van der Waals surface area contributed by atoms with Crippen LogP contribution in [0.4, 0.5) is 4.39 Å². The lowest BCUT2D eigenvalue weighted by atomic mass is 9.82. The molecule has 1 aliphatic rings. The van der Waals surface area contributed by atoms with E-state index in [1.807, 2.05) is 0 Å². The Labute approximate surface area is 112 Å². The second kappa shape index (κ2) is 5.40. The second-order valence-electron chi connectivity index (χ2n) is 5.17. The minimum absolute atomic E-state index is 0.291. The van der Waals surface area contributed by atoms with Gasteiger partial charge in [-0.3, -0.25) is 4.79 Å². The van der Waals surface area contributed by atoms with E-state index in [2.05, 4.69) is 11.4 Å². The first-order chi connectivity index (χ1) is 9.06. The van der Waals surface area contributed by atoms with Crippen LogP contribution in [0.3, 0.4) is 0 Å². The van der Waals surface area contributed by atoms with Gasteiger partial charge in [0.15, 0.2) is 0 Å². The lowest BCUT2D eigenvalue weighted by molar-refractivity contribution is 0.0902. The van der Waals surface area contributed by atoms with Crippen molar-refractivity contribution in [1.82, 2.24) is 5.32 Å². The summed E-state index contributed by atoms with van der Waals surface area (Å²) in [6.45, 7) is 1.69. The van der Waals surface area contributed by atoms with E-state index in [9.17, 15) is 14.4 Å². The van der Waals surface area contributed by atoms with Gasteiger partial charge in [0.05, 0.1) is 6.07 Å². The van der Waals surface area contributed by atoms with Crippen molar-refractivity contribution in [3.05, 3.63) is 35.1 Å². The van der Waals surface area contributed by atoms with Gasteiger partial charge < -0.3 is 5.32 Å². The Morgan fingerprint density at radius 1 is 1.37 bits per heavy atom. The van der Waals surface area contributed by atoms with Crippen LogP contribution in [-0.2, 0) is 0 Å². The van der Waals surface area contributed by atoms with Crippen molar-refractivity contribution in [3.63, 3.8) is 0 Å². The molecule has 1 N–H and O–H groups in total. The van der Waals surface area contributed by atoms with E-state index in [4.69, 9.17) is 0 Å². The zero-order valence-corrected chi connectivity index (χ0v) is 11.0. The maximum absolute atomic E-state index is 13.0. The van der Waals surface area contributed by atoms with Gasteiger partial charge in [-0.05, 0) is 43.5 Å². The predicted octanol–water partition coefficient (Wildman–Crippen LogP) is 3.09. The number of carbonyl (C=O) groups excluding carboxylic acids is 1. The molecule has 0 spiro atoms. The Morgan fingerprint density at radius 3 is 2.63 bits per heavy atom. The van der Waals surface area contributed by atoms with Gasteiger partial charge in [-0.15, -0.1) is 0 Å². The SMILES string of the molecule is Cc1cc(F)ccc1C(=O)NC1(C#N)CCCCC1. The lowest BCUT2D eigenvalue weighted by Gasteiger charge is -2.31. The van der Waals surface area contributed by atoms with Crippen molar-refractivity contribution in [1.29, 1.82) is 5.26 Å². The van der Waals surface area contributed by atoms with Crippen molar-refractivity contribution in [2.75, 3.05) is 0 Å². The monoisotopic (exact) mass is 260 g/mol. The summed E-state index contributed by atoms with van der Waals surface area (Å²) in [4.78, 5) is 12.2. The molecule has 0 radical (unpaired) electrons. The third-order valence-electron chi connectivity index (χ3n) is 3.71. The molecule has 4 heteroatoms. The average Bonchev–Trinajstić information content (AvgIpc) is 2.39. The standard InChI is InChI=1S/C15H17FN2O/c1-11-9-12(16)5-6-13(11)14(19)18-15(10-17)7-3-2-4-8-15/h5-6,9H,2-4,7-8H2,1H3,(H,18,19). The molecule has 0 atom stereocenters. The van der Waals surface area contributed by atoms with Crippen LogP contribution in [0.2, 0.25) is 0 Å². The molecule has 0 saturated heterocycles. The topological polar surface area (TPSA) is 52.9 Å². The number of halogens is 1. The molecule has 3 nitrogen and oxygen atoms in total. The first-order valence-electron chi connectivity index (χ1n) is 6.56. The summed E-state index contributed by atoms with van der Waals surface area (Å²) in [6, 6.07) is 6.30. The molecule has 100 valence electrons. The van der Waals surface area contributed by atoms with Crippen molar-refractivity contribution in [2.24, 2.45) is 0 Å². The molecule has 0 unspecified atom stereocenters. The molecular formula is C15H17FN2O. The molecule has 19 heavy (non-hydrogen) atoms. The van der Waals surface area contributed by atoms with Crippen LogP contribution in [0, 0.1) is 24.1 Å². The lowest BCUT2D eigenvalue weighted by Crippen LogP contribution is -2.48. The quantitative estimate of drug-likeness (QED) is 0.888. The molecule has 1 aliphatic carbocycles. The Hall–Kier alpha value is -1.89. The average molecular weight is 260 g/mol. The van der Waals surface area contributed by atoms with E-state index < -0.39 is 5.54 Å². The van der Waals surface area contributed by atoms with E-state index in [0.29, 0.717) is 24.0 Å². The maximum Gasteiger partial charge on any atom is 0.252 e. The molecule has 1 saturated carbocycles. The van der Waals surface area contributed by atoms with Gasteiger partial charge in [-0.25, -0.2) is 4.39 Å². The number of aryl methyl sites for hydroxylation is 1. The fourth-order valence-electron chi connectivity index (χ4n) is 2.59. The van der Waals surface area contributed by atoms with Crippen LogP contribution in [0.5, 0.6) is 0 Å². The highest BCUT2D eigenvalue weighted by molar-refractivity contribution is 5.96. The van der Waals surface area contributed by atoms with Gasteiger partial charge in [0.2, 0.25) is 0 Å². The van der Waals surface area contributed by atoms with Crippen LogP contribution in [0.25, 0.3) is 0 Å². The van der Waals surface area contributed by atoms with E-state index in [1.54, 1.807) is 6.92 Å². The highest BCUT2D eigenvalue weighted by Gasteiger charge is 2.34. The van der Waals surface area contributed by atoms with Crippen molar-refractivity contribution < 1.29 is 9.18 Å². The Bertz CT molecular complexity index is 527. The van der Waals surface area contributed by atoms with Crippen molar-refractivity contribution >= 4 is 5.91 Å². The molecule has 1 aromatic rings. The third kappa shape index (κ3) is 2.93. The number of amides is 1. The number of nitriles is 1. The Kier molecular flexibility index (Phi) is 3.84. The number of nitrogens with zero attached hydrogens (tertiary/aromatic N) is 1. The highest BCUT2D eigenvalue weighted by Crippen LogP contribution is 2.28. The van der Waals surface area contributed by atoms with Crippen molar-refractivity contribution in [3.8, 4) is 6.07 Å². The summed E-state index contributed by atoms with van der Waals surface area (Å²) in [5, 5.41) is 12.2. The van der Waals surface area contributed by atoms with Crippen LogP contribution < -0.4 is 5.32 Å². The summed E-state index contributed by atoms with van der Waals surface area (Å²) in [7, 11) is 0. The largest absolute Gasteiger partial charge is 0.334 e. The van der Waals surface area contributed by atoms with E-state index in [1.165, 1.54) is 18.2 Å². The zero-order chi connectivity index (χ0) is 13.9. The van der Waals surface area contributed by atoms with Gasteiger partial charge in [0, 0.05) is 5.56 Å². The van der Waals surface area contributed by atoms with Crippen LogP contribution >= 0.6 is 0 Å². The number of carbonyl (C=O) groups is 1. The van der Waals surface area contributed by atoms with Gasteiger partial charge in [-0.1, -0.05) is 19.3 Å². The number of hydrogen-bond acceptors (Lipinski definition) is 2. The number of benzene rings is 1. The molecule has 1 amide bonds. The second-order valence-corrected chi connectivity index (χ2v) is 5.17. The summed E-state index contributed by atoms with van der Waals surface area (Å²) < 4.78 is 13.0. The normalized spacial score (nSPS) is 17.5. The summed E-state index contributed by atoms with van der Waals surface area (Å²) >= 11 is 0. The van der Waals surface area contributed by atoms with Gasteiger partial charge in [0.25, 0.3) is 5.91 Å². The molecular weight excluding hydrogens is 243 g/mol. The number of hydrogen-bond donors (Lipinski definition) is 1. The first-order valence-corrected chi connectivity index (χ1v) is 6.56. The summed E-state index contributed by atoms with van der Waals surface area (Å²) in [6.07, 6.45) is 4.40. The van der Waals surface area contributed by atoms with Crippen LogP contribution in [-0.4, -0.2) is 11.4 Å². The molecule has 2 rings (SSSR count). The third-order valence-corrected chi connectivity index (χ3v) is 3.71. The van der Waals surface area contributed by atoms with E-state index in [-0.39, 0.29) is 11.7 Å². The predicted molar refractivity (Wildman–Crippen MR) is 70.0 cm³/mol. The number of rotatable bonds is 2. The number of nitrogens with one attached hydrogen (secondary N) is 1. The molecule has 1 fully saturated rings.